The van der Waals surface area contributed by atoms with E-state index in [-0.39, 0.29) is 6.61 Å². The maximum atomic E-state index is 8.99. The maximum absolute atomic E-state index is 8.99. The minimum atomic E-state index is 0.264. The highest BCUT2D eigenvalue weighted by Gasteiger charge is 2.24. The van der Waals surface area contributed by atoms with Crippen LogP contribution in [0.3, 0.4) is 0 Å². The SMILES string of the molecule is NCc1ccccc1OCCN(CCCO)C1CCC1. The molecule has 1 aliphatic carbocycles. The lowest BCUT2D eigenvalue weighted by Gasteiger charge is -2.37. The maximum Gasteiger partial charge on any atom is 0.123 e. The molecule has 0 spiro atoms. The summed E-state index contributed by atoms with van der Waals surface area (Å²) >= 11 is 0. The Morgan fingerprint density at radius 1 is 1.25 bits per heavy atom. The summed E-state index contributed by atoms with van der Waals surface area (Å²) in [5, 5.41) is 8.99. The van der Waals surface area contributed by atoms with Crippen LogP contribution in [0.25, 0.3) is 0 Å². The summed E-state index contributed by atoms with van der Waals surface area (Å²) in [7, 11) is 0. The Morgan fingerprint density at radius 2 is 2.05 bits per heavy atom. The molecule has 112 valence electrons. The van der Waals surface area contributed by atoms with Crippen molar-refractivity contribution in [2.45, 2.75) is 38.3 Å². The van der Waals surface area contributed by atoms with Gasteiger partial charge in [-0.3, -0.25) is 4.90 Å². The van der Waals surface area contributed by atoms with Crippen LogP contribution in [0.4, 0.5) is 0 Å². The zero-order valence-electron chi connectivity index (χ0n) is 12.1. The highest BCUT2D eigenvalue weighted by Crippen LogP contribution is 2.25. The Kier molecular flexibility index (Phi) is 6.30. The number of aliphatic hydroxyl groups excluding tert-OH is 1. The van der Waals surface area contributed by atoms with Gasteiger partial charge in [0.25, 0.3) is 0 Å². The minimum absolute atomic E-state index is 0.264. The van der Waals surface area contributed by atoms with Crippen LogP contribution in [-0.2, 0) is 6.54 Å². The Balaban J connectivity index is 1.79. The summed E-state index contributed by atoms with van der Waals surface area (Å²) in [5.41, 5.74) is 6.76. The van der Waals surface area contributed by atoms with Crippen LogP contribution in [0.1, 0.15) is 31.2 Å². The number of nitrogens with zero attached hydrogens (tertiary/aromatic N) is 1. The van der Waals surface area contributed by atoms with Crippen molar-refractivity contribution in [3.8, 4) is 5.75 Å². The van der Waals surface area contributed by atoms with Crippen LogP contribution in [0.15, 0.2) is 24.3 Å². The molecule has 20 heavy (non-hydrogen) atoms. The molecule has 2 rings (SSSR count). The molecular formula is C16H26N2O2. The first-order valence-electron chi connectivity index (χ1n) is 7.61. The van der Waals surface area contributed by atoms with E-state index in [2.05, 4.69) is 4.90 Å². The Bertz CT molecular complexity index is 394. The molecule has 0 amide bonds. The normalized spacial score (nSPS) is 15.3. The molecule has 0 heterocycles. The summed E-state index contributed by atoms with van der Waals surface area (Å²) < 4.78 is 5.87. The van der Waals surface area contributed by atoms with E-state index >= 15 is 0 Å². The third-order valence-corrected chi connectivity index (χ3v) is 4.02. The molecule has 0 atom stereocenters. The summed E-state index contributed by atoms with van der Waals surface area (Å²) in [4.78, 5) is 2.45. The number of ether oxygens (including phenoxy) is 1. The van der Waals surface area contributed by atoms with Crippen LogP contribution in [0.2, 0.25) is 0 Å². The van der Waals surface area contributed by atoms with E-state index in [1.807, 2.05) is 24.3 Å². The van der Waals surface area contributed by atoms with E-state index in [4.69, 9.17) is 15.6 Å². The number of rotatable bonds is 9. The van der Waals surface area contributed by atoms with E-state index in [0.717, 1.165) is 30.8 Å². The molecule has 0 radical (unpaired) electrons. The quantitative estimate of drug-likeness (QED) is 0.722. The molecule has 1 aliphatic rings. The topological polar surface area (TPSA) is 58.7 Å². The molecular weight excluding hydrogens is 252 g/mol. The molecule has 4 nitrogen and oxygen atoms in total. The first-order valence-corrected chi connectivity index (χ1v) is 7.61. The highest BCUT2D eigenvalue weighted by molar-refractivity contribution is 5.32. The first kappa shape index (κ1) is 15.3. The number of benzene rings is 1. The van der Waals surface area contributed by atoms with Crippen molar-refractivity contribution in [3.63, 3.8) is 0 Å². The largest absolute Gasteiger partial charge is 0.492 e. The third-order valence-electron chi connectivity index (χ3n) is 4.02. The molecule has 0 unspecified atom stereocenters. The van der Waals surface area contributed by atoms with E-state index in [9.17, 15) is 0 Å². The second kappa shape index (κ2) is 8.25. The van der Waals surface area contributed by atoms with Gasteiger partial charge in [-0.2, -0.15) is 0 Å². The van der Waals surface area contributed by atoms with Gasteiger partial charge in [0.1, 0.15) is 12.4 Å². The fourth-order valence-corrected chi connectivity index (χ4v) is 2.59. The van der Waals surface area contributed by atoms with Gasteiger partial charge in [-0.05, 0) is 25.3 Å². The van der Waals surface area contributed by atoms with Gasteiger partial charge in [0.15, 0.2) is 0 Å². The predicted octanol–water partition coefficient (Wildman–Crippen LogP) is 1.76. The van der Waals surface area contributed by atoms with Gasteiger partial charge in [0.2, 0.25) is 0 Å². The highest BCUT2D eigenvalue weighted by atomic mass is 16.5. The summed E-state index contributed by atoms with van der Waals surface area (Å²) in [6.07, 6.45) is 4.74. The van der Waals surface area contributed by atoms with Crippen molar-refractivity contribution in [2.75, 3.05) is 26.3 Å². The Morgan fingerprint density at radius 3 is 2.70 bits per heavy atom. The lowest BCUT2D eigenvalue weighted by Crippen LogP contribution is -2.43. The van der Waals surface area contributed by atoms with Gasteiger partial charge in [0.05, 0.1) is 0 Å². The number of para-hydroxylation sites is 1. The smallest absolute Gasteiger partial charge is 0.123 e. The fraction of sp³-hybridized carbons (Fsp3) is 0.625. The van der Waals surface area contributed by atoms with Gasteiger partial charge in [0, 0.05) is 37.8 Å². The molecule has 4 heteroatoms. The van der Waals surface area contributed by atoms with Crippen LogP contribution >= 0.6 is 0 Å². The number of hydrogen-bond donors (Lipinski definition) is 2. The van der Waals surface area contributed by atoms with Crippen molar-refractivity contribution in [1.29, 1.82) is 0 Å². The Hall–Kier alpha value is -1.10. The standard InChI is InChI=1S/C16H26N2O2/c17-13-14-5-1-2-8-16(14)20-12-10-18(9-4-11-19)15-6-3-7-15/h1-2,5,8,15,19H,3-4,6-7,9-13,17H2. The van der Waals surface area contributed by atoms with Crippen molar-refractivity contribution in [2.24, 2.45) is 5.73 Å². The average molecular weight is 278 g/mol. The van der Waals surface area contributed by atoms with Gasteiger partial charge >= 0.3 is 0 Å². The van der Waals surface area contributed by atoms with Crippen LogP contribution in [0, 0.1) is 0 Å². The van der Waals surface area contributed by atoms with E-state index in [1.54, 1.807) is 0 Å². The lowest BCUT2D eigenvalue weighted by atomic mass is 9.91. The second-order valence-electron chi connectivity index (χ2n) is 5.36. The molecule has 0 saturated heterocycles. The number of hydrogen-bond acceptors (Lipinski definition) is 4. The zero-order chi connectivity index (χ0) is 14.2. The van der Waals surface area contributed by atoms with Crippen molar-refractivity contribution in [1.82, 2.24) is 4.90 Å². The van der Waals surface area contributed by atoms with Crippen LogP contribution in [-0.4, -0.2) is 42.4 Å². The summed E-state index contributed by atoms with van der Waals surface area (Å²) in [6, 6.07) is 8.63. The first-order chi connectivity index (χ1) is 9.85. The average Bonchev–Trinajstić information content (AvgIpc) is 2.43. The molecule has 0 aliphatic heterocycles. The van der Waals surface area contributed by atoms with Gasteiger partial charge in [-0.25, -0.2) is 0 Å². The molecule has 1 saturated carbocycles. The molecule has 3 N–H and O–H groups in total. The minimum Gasteiger partial charge on any atom is -0.492 e. The molecule has 0 bridgehead atoms. The number of nitrogens with two attached hydrogens (primary N) is 1. The van der Waals surface area contributed by atoms with Gasteiger partial charge in [-0.15, -0.1) is 0 Å². The molecule has 1 aromatic carbocycles. The number of aliphatic hydroxyl groups is 1. The van der Waals surface area contributed by atoms with Crippen molar-refractivity contribution >= 4 is 0 Å². The summed E-state index contributed by atoms with van der Waals surface area (Å²) in [6.45, 7) is 3.33. The Labute approximate surface area is 121 Å². The predicted molar refractivity (Wildman–Crippen MR) is 80.7 cm³/mol. The summed E-state index contributed by atoms with van der Waals surface area (Å²) in [5.74, 6) is 0.894. The molecule has 1 aromatic rings. The lowest BCUT2D eigenvalue weighted by molar-refractivity contribution is 0.0983. The third kappa shape index (κ3) is 4.20. The van der Waals surface area contributed by atoms with Gasteiger partial charge in [-0.1, -0.05) is 24.6 Å². The van der Waals surface area contributed by atoms with Gasteiger partial charge < -0.3 is 15.6 Å². The zero-order valence-corrected chi connectivity index (χ0v) is 12.1. The van der Waals surface area contributed by atoms with E-state index in [1.165, 1.54) is 19.3 Å². The van der Waals surface area contributed by atoms with Crippen molar-refractivity contribution < 1.29 is 9.84 Å². The molecule has 1 fully saturated rings. The van der Waals surface area contributed by atoms with E-state index < -0.39 is 0 Å². The van der Waals surface area contributed by atoms with Crippen molar-refractivity contribution in [3.05, 3.63) is 29.8 Å². The fourth-order valence-electron chi connectivity index (χ4n) is 2.59. The van der Waals surface area contributed by atoms with Crippen LogP contribution in [0.5, 0.6) is 5.75 Å². The van der Waals surface area contributed by atoms with Crippen LogP contribution < -0.4 is 10.5 Å². The van der Waals surface area contributed by atoms with E-state index in [0.29, 0.717) is 19.2 Å². The second-order valence-corrected chi connectivity index (χ2v) is 5.36. The molecule has 0 aromatic heterocycles. The monoisotopic (exact) mass is 278 g/mol.